The molecule has 0 heterocycles. The fraction of sp³-hybridized carbons (Fsp3) is 0.0909. The molecule has 3 aromatic carbocycles. The molecule has 2 amide bonds. The van der Waals surface area contributed by atoms with E-state index < -0.39 is 46.8 Å². The summed E-state index contributed by atoms with van der Waals surface area (Å²) >= 11 is 0. The third-order valence-electron chi connectivity index (χ3n) is 5.04. The fourth-order valence-electron chi connectivity index (χ4n) is 3.84. The third-order valence-corrected chi connectivity index (χ3v) is 5.04. The minimum Gasteiger partial charge on any atom is -0.368 e. The van der Waals surface area contributed by atoms with E-state index in [1.165, 1.54) is 0 Å². The number of nitrogens with one attached hydrogen (secondary N) is 1. The quantitative estimate of drug-likeness (QED) is 0.709. The van der Waals surface area contributed by atoms with E-state index in [4.69, 9.17) is 5.73 Å². The summed E-state index contributed by atoms with van der Waals surface area (Å²) in [6.45, 7) is 0. The van der Waals surface area contributed by atoms with E-state index in [-0.39, 0.29) is 0 Å². The van der Waals surface area contributed by atoms with Gasteiger partial charge in [-0.05, 0) is 22.3 Å². The number of rotatable bonds is 4. The highest BCUT2D eigenvalue weighted by Crippen LogP contribution is 2.46. The van der Waals surface area contributed by atoms with Crippen molar-refractivity contribution in [3.63, 3.8) is 0 Å². The third kappa shape index (κ3) is 3.14. The second-order valence-electron chi connectivity index (χ2n) is 6.75. The van der Waals surface area contributed by atoms with Crippen molar-refractivity contribution in [1.29, 1.82) is 0 Å². The molecule has 29 heavy (non-hydrogen) atoms. The summed E-state index contributed by atoms with van der Waals surface area (Å²) in [4.78, 5) is 24.8. The summed E-state index contributed by atoms with van der Waals surface area (Å²) in [5.41, 5.74) is 7.87. The SMILES string of the molecule is NC(=O)[C@@H](NC(=O)c1c(F)cc(F)cc1F)C1c2ccccc2-c2ccccc21. The van der Waals surface area contributed by atoms with Crippen LogP contribution in [0.25, 0.3) is 11.1 Å². The van der Waals surface area contributed by atoms with Gasteiger partial charge in [0.15, 0.2) is 0 Å². The number of hydrogen-bond donors (Lipinski definition) is 2. The maximum absolute atomic E-state index is 14.0. The summed E-state index contributed by atoms with van der Waals surface area (Å²) in [6, 6.07) is 14.2. The van der Waals surface area contributed by atoms with Crippen molar-refractivity contribution in [2.24, 2.45) is 5.73 Å². The molecule has 0 bridgehead atoms. The molecule has 1 aliphatic rings. The van der Waals surface area contributed by atoms with Gasteiger partial charge in [-0.1, -0.05) is 48.5 Å². The molecule has 7 heteroatoms. The Kier molecular flexibility index (Phi) is 4.58. The van der Waals surface area contributed by atoms with E-state index in [1.54, 1.807) is 24.3 Å². The Hall–Kier alpha value is -3.61. The Morgan fingerprint density at radius 2 is 1.34 bits per heavy atom. The summed E-state index contributed by atoms with van der Waals surface area (Å²) < 4.78 is 41.2. The van der Waals surface area contributed by atoms with Crippen molar-refractivity contribution in [2.45, 2.75) is 12.0 Å². The van der Waals surface area contributed by atoms with Gasteiger partial charge in [0.2, 0.25) is 5.91 Å². The monoisotopic (exact) mass is 396 g/mol. The van der Waals surface area contributed by atoms with Crippen LogP contribution in [0.3, 0.4) is 0 Å². The predicted octanol–water partition coefficient (Wildman–Crippen LogP) is 3.50. The zero-order valence-electron chi connectivity index (χ0n) is 15.0. The topological polar surface area (TPSA) is 72.2 Å². The fourth-order valence-corrected chi connectivity index (χ4v) is 3.84. The summed E-state index contributed by atoms with van der Waals surface area (Å²) in [6.07, 6.45) is 0. The number of hydrogen-bond acceptors (Lipinski definition) is 2. The number of halogens is 3. The molecule has 146 valence electrons. The molecule has 0 aliphatic heterocycles. The van der Waals surface area contributed by atoms with Crippen molar-refractivity contribution in [3.8, 4) is 11.1 Å². The van der Waals surface area contributed by atoms with Gasteiger partial charge in [-0.2, -0.15) is 0 Å². The molecule has 0 unspecified atom stereocenters. The van der Waals surface area contributed by atoms with Crippen LogP contribution >= 0.6 is 0 Å². The van der Waals surface area contributed by atoms with Crippen LogP contribution in [0.15, 0.2) is 60.7 Å². The van der Waals surface area contributed by atoms with E-state index in [9.17, 15) is 22.8 Å². The van der Waals surface area contributed by atoms with Crippen molar-refractivity contribution < 1.29 is 22.8 Å². The smallest absolute Gasteiger partial charge is 0.257 e. The van der Waals surface area contributed by atoms with E-state index >= 15 is 0 Å². The van der Waals surface area contributed by atoms with Crippen LogP contribution in [-0.2, 0) is 4.79 Å². The number of carbonyl (C=O) groups excluding carboxylic acids is 2. The van der Waals surface area contributed by atoms with Gasteiger partial charge in [0, 0.05) is 18.1 Å². The van der Waals surface area contributed by atoms with Gasteiger partial charge in [0.1, 0.15) is 29.1 Å². The van der Waals surface area contributed by atoms with Gasteiger partial charge in [-0.25, -0.2) is 13.2 Å². The van der Waals surface area contributed by atoms with Gasteiger partial charge < -0.3 is 11.1 Å². The van der Waals surface area contributed by atoms with E-state index in [0.29, 0.717) is 12.1 Å². The lowest BCUT2D eigenvalue weighted by Gasteiger charge is -2.24. The van der Waals surface area contributed by atoms with E-state index in [2.05, 4.69) is 5.32 Å². The molecule has 0 fully saturated rings. The molecule has 0 saturated heterocycles. The highest BCUT2D eigenvalue weighted by atomic mass is 19.1. The molecular formula is C22H15F3N2O2. The number of fused-ring (bicyclic) bond motifs is 3. The van der Waals surface area contributed by atoms with Crippen molar-refractivity contribution in [3.05, 3.63) is 94.8 Å². The molecule has 3 aromatic rings. The van der Waals surface area contributed by atoms with Crippen LogP contribution < -0.4 is 11.1 Å². The maximum Gasteiger partial charge on any atom is 0.257 e. The first-order valence-corrected chi connectivity index (χ1v) is 8.81. The first-order valence-electron chi connectivity index (χ1n) is 8.81. The second kappa shape index (κ2) is 7.09. The standard InChI is InChI=1S/C22H15F3N2O2/c23-11-9-16(24)19(17(25)10-11)22(29)27-20(21(26)28)18-14-7-3-1-5-12(14)13-6-2-4-8-15(13)18/h1-10,18,20H,(H2,26,28)(H,27,29)/t20-/m0/s1. The minimum absolute atomic E-state index is 0.400. The molecular weight excluding hydrogens is 381 g/mol. The maximum atomic E-state index is 14.0. The van der Waals surface area contributed by atoms with Crippen molar-refractivity contribution >= 4 is 11.8 Å². The van der Waals surface area contributed by atoms with Crippen molar-refractivity contribution in [2.75, 3.05) is 0 Å². The number of primary amides is 1. The van der Waals surface area contributed by atoms with Gasteiger partial charge in [-0.3, -0.25) is 9.59 Å². The minimum atomic E-state index is -1.37. The highest BCUT2D eigenvalue weighted by Gasteiger charge is 2.38. The average molecular weight is 396 g/mol. The van der Waals surface area contributed by atoms with Gasteiger partial charge in [0.25, 0.3) is 5.91 Å². The lowest BCUT2D eigenvalue weighted by Crippen LogP contribution is -2.48. The van der Waals surface area contributed by atoms with Crippen LogP contribution in [0.2, 0.25) is 0 Å². The van der Waals surface area contributed by atoms with Crippen LogP contribution in [0.4, 0.5) is 13.2 Å². The zero-order valence-corrected chi connectivity index (χ0v) is 15.0. The molecule has 4 nitrogen and oxygen atoms in total. The second-order valence-corrected chi connectivity index (χ2v) is 6.75. The number of amides is 2. The molecule has 1 aliphatic carbocycles. The average Bonchev–Trinajstić information content (AvgIpc) is 2.99. The van der Waals surface area contributed by atoms with Gasteiger partial charge >= 0.3 is 0 Å². The molecule has 1 atom stereocenters. The Morgan fingerprint density at radius 1 is 0.862 bits per heavy atom. The van der Waals surface area contributed by atoms with E-state index in [1.807, 2.05) is 24.3 Å². The first-order chi connectivity index (χ1) is 13.9. The van der Waals surface area contributed by atoms with Crippen LogP contribution in [0.1, 0.15) is 27.4 Å². The summed E-state index contributed by atoms with van der Waals surface area (Å²) in [5.74, 6) is -6.56. The molecule has 0 radical (unpaired) electrons. The predicted molar refractivity (Wildman–Crippen MR) is 100 cm³/mol. The first kappa shape index (κ1) is 18.7. The number of nitrogens with two attached hydrogens (primary N) is 1. The highest BCUT2D eigenvalue weighted by molar-refractivity contribution is 5.99. The molecule has 0 aromatic heterocycles. The molecule has 3 N–H and O–H groups in total. The lowest BCUT2D eigenvalue weighted by atomic mass is 9.88. The van der Waals surface area contributed by atoms with Gasteiger partial charge in [0.05, 0.1) is 0 Å². The van der Waals surface area contributed by atoms with Gasteiger partial charge in [-0.15, -0.1) is 0 Å². The molecule has 0 saturated carbocycles. The lowest BCUT2D eigenvalue weighted by molar-refractivity contribution is -0.120. The zero-order chi connectivity index (χ0) is 20.7. The molecule has 0 spiro atoms. The summed E-state index contributed by atoms with van der Waals surface area (Å²) in [7, 11) is 0. The van der Waals surface area contributed by atoms with E-state index in [0.717, 1.165) is 22.3 Å². The number of benzene rings is 3. The van der Waals surface area contributed by atoms with Crippen LogP contribution in [0.5, 0.6) is 0 Å². The Balaban J connectivity index is 1.77. The van der Waals surface area contributed by atoms with Crippen LogP contribution in [-0.4, -0.2) is 17.9 Å². The normalized spacial score (nSPS) is 13.5. The Bertz CT molecular complexity index is 1080. The Labute approximate surface area is 164 Å². The van der Waals surface area contributed by atoms with Crippen molar-refractivity contribution in [1.82, 2.24) is 5.32 Å². The largest absolute Gasteiger partial charge is 0.368 e. The summed E-state index contributed by atoms with van der Waals surface area (Å²) in [5, 5.41) is 2.34. The number of carbonyl (C=O) groups is 2. The van der Waals surface area contributed by atoms with Crippen LogP contribution in [0, 0.1) is 17.5 Å². The Morgan fingerprint density at radius 3 is 1.83 bits per heavy atom. The molecule has 4 rings (SSSR count).